The molecule has 1 N–H and O–H groups in total. The first-order chi connectivity index (χ1) is 13.1. The molecule has 2 heterocycles. The number of nitrogens with one attached hydrogen (secondary N) is 1. The highest BCUT2D eigenvalue weighted by Crippen LogP contribution is 2.27. The van der Waals surface area contributed by atoms with E-state index in [9.17, 15) is 4.79 Å². The van der Waals surface area contributed by atoms with E-state index in [2.05, 4.69) is 31.2 Å². The van der Waals surface area contributed by atoms with Crippen molar-refractivity contribution in [2.75, 3.05) is 12.4 Å². The van der Waals surface area contributed by atoms with Crippen LogP contribution in [-0.4, -0.2) is 23.0 Å². The third kappa shape index (κ3) is 3.54. The van der Waals surface area contributed by atoms with Gasteiger partial charge in [-0.3, -0.25) is 4.79 Å². The van der Waals surface area contributed by atoms with Crippen LogP contribution in [0.4, 0.5) is 5.69 Å². The van der Waals surface area contributed by atoms with Gasteiger partial charge in [0.15, 0.2) is 11.2 Å². The maximum Gasteiger partial charge on any atom is 0.255 e. The molecule has 2 aromatic carbocycles. The summed E-state index contributed by atoms with van der Waals surface area (Å²) in [7, 11) is 1.58. The molecule has 0 bridgehead atoms. The number of oxazole rings is 1. The minimum absolute atomic E-state index is 0.211. The van der Waals surface area contributed by atoms with E-state index in [4.69, 9.17) is 9.15 Å². The average Bonchev–Trinajstić information content (AvgIpc) is 3.12. The van der Waals surface area contributed by atoms with Crippen molar-refractivity contribution in [2.45, 2.75) is 0 Å². The highest BCUT2D eigenvalue weighted by molar-refractivity contribution is 9.10. The fraction of sp³-hybridized carbons (Fsp3) is 0.0500. The van der Waals surface area contributed by atoms with E-state index in [1.165, 1.54) is 0 Å². The van der Waals surface area contributed by atoms with Crippen LogP contribution in [0.1, 0.15) is 10.4 Å². The van der Waals surface area contributed by atoms with Crippen molar-refractivity contribution in [3.63, 3.8) is 0 Å². The fourth-order valence-electron chi connectivity index (χ4n) is 2.60. The number of carbonyl (C=O) groups is 1. The van der Waals surface area contributed by atoms with Crippen LogP contribution in [0.15, 0.2) is 69.7 Å². The summed E-state index contributed by atoms with van der Waals surface area (Å²) in [5, 5.41) is 2.86. The van der Waals surface area contributed by atoms with Crippen molar-refractivity contribution < 1.29 is 13.9 Å². The summed E-state index contributed by atoms with van der Waals surface area (Å²) < 4.78 is 11.6. The van der Waals surface area contributed by atoms with E-state index < -0.39 is 0 Å². The standard InChI is InChI=1S/C20H14BrN3O3/c1-26-16-9-6-13(11-15(16)21)19(25)23-14-7-4-12(5-8-14)20-24-18-17(27-20)3-2-10-22-18/h2-11H,1H3,(H,23,25). The van der Waals surface area contributed by atoms with E-state index in [-0.39, 0.29) is 5.91 Å². The minimum atomic E-state index is -0.211. The molecule has 0 aliphatic carbocycles. The van der Waals surface area contributed by atoms with Gasteiger partial charge in [0, 0.05) is 23.0 Å². The summed E-state index contributed by atoms with van der Waals surface area (Å²) in [5.41, 5.74) is 3.20. The molecule has 0 radical (unpaired) electrons. The Hall–Kier alpha value is -3.19. The van der Waals surface area contributed by atoms with Gasteiger partial charge >= 0.3 is 0 Å². The largest absolute Gasteiger partial charge is 0.496 e. The lowest BCUT2D eigenvalue weighted by atomic mass is 10.1. The molecule has 7 heteroatoms. The number of benzene rings is 2. The first-order valence-corrected chi connectivity index (χ1v) is 8.90. The van der Waals surface area contributed by atoms with Crippen LogP contribution in [0, 0.1) is 0 Å². The third-order valence-electron chi connectivity index (χ3n) is 3.97. The zero-order valence-corrected chi connectivity index (χ0v) is 15.9. The zero-order chi connectivity index (χ0) is 18.8. The number of methoxy groups -OCH3 is 1. The van der Waals surface area contributed by atoms with Gasteiger partial charge < -0.3 is 14.5 Å². The highest BCUT2D eigenvalue weighted by atomic mass is 79.9. The van der Waals surface area contributed by atoms with Gasteiger partial charge in [-0.1, -0.05) is 0 Å². The van der Waals surface area contributed by atoms with Gasteiger partial charge in [0.25, 0.3) is 5.91 Å². The number of hydrogen-bond donors (Lipinski definition) is 1. The number of rotatable bonds is 4. The Morgan fingerprint density at radius 1 is 1.15 bits per heavy atom. The van der Waals surface area contributed by atoms with E-state index in [1.54, 1.807) is 49.7 Å². The van der Waals surface area contributed by atoms with Crippen molar-refractivity contribution in [3.05, 3.63) is 70.8 Å². The van der Waals surface area contributed by atoms with Crippen molar-refractivity contribution in [1.29, 1.82) is 0 Å². The van der Waals surface area contributed by atoms with Gasteiger partial charge in [-0.2, -0.15) is 4.98 Å². The molecular formula is C20H14BrN3O3. The van der Waals surface area contributed by atoms with Crippen LogP contribution < -0.4 is 10.1 Å². The number of carbonyl (C=O) groups excluding carboxylic acids is 1. The van der Waals surface area contributed by atoms with Crippen LogP contribution in [0.2, 0.25) is 0 Å². The molecule has 6 nitrogen and oxygen atoms in total. The molecule has 0 fully saturated rings. The van der Waals surface area contributed by atoms with Crippen molar-refractivity contribution >= 4 is 38.8 Å². The van der Waals surface area contributed by atoms with Crippen molar-refractivity contribution in [1.82, 2.24) is 9.97 Å². The molecule has 0 saturated carbocycles. The molecule has 4 aromatic rings. The molecule has 0 unspecified atom stereocenters. The lowest BCUT2D eigenvalue weighted by molar-refractivity contribution is 0.102. The lowest BCUT2D eigenvalue weighted by Gasteiger charge is -2.08. The third-order valence-corrected chi connectivity index (χ3v) is 4.59. The van der Waals surface area contributed by atoms with Crippen LogP contribution in [0.5, 0.6) is 5.75 Å². The Labute approximate surface area is 163 Å². The number of pyridine rings is 1. The number of aromatic nitrogens is 2. The van der Waals surface area contributed by atoms with Gasteiger partial charge in [-0.05, 0) is 70.5 Å². The smallest absolute Gasteiger partial charge is 0.255 e. The topological polar surface area (TPSA) is 77.2 Å². The molecule has 134 valence electrons. The summed E-state index contributed by atoms with van der Waals surface area (Å²) in [6.07, 6.45) is 1.67. The molecule has 0 aliphatic heterocycles. The highest BCUT2D eigenvalue weighted by Gasteiger charge is 2.11. The minimum Gasteiger partial charge on any atom is -0.496 e. The predicted octanol–water partition coefficient (Wildman–Crippen LogP) is 4.91. The number of hydrogen-bond acceptors (Lipinski definition) is 5. The summed E-state index contributed by atoms with van der Waals surface area (Å²) in [5.74, 6) is 0.946. The number of nitrogens with zero attached hydrogens (tertiary/aromatic N) is 2. The van der Waals surface area contributed by atoms with Gasteiger partial charge in [0.2, 0.25) is 5.89 Å². The quantitative estimate of drug-likeness (QED) is 0.504. The summed E-state index contributed by atoms with van der Waals surface area (Å²) in [6, 6.07) is 16.1. The zero-order valence-electron chi connectivity index (χ0n) is 14.3. The number of ether oxygens (including phenoxy) is 1. The van der Waals surface area contributed by atoms with E-state index in [0.29, 0.717) is 34.1 Å². The Morgan fingerprint density at radius 2 is 1.96 bits per heavy atom. The van der Waals surface area contributed by atoms with E-state index in [1.807, 2.05) is 18.2 Å². The Balaban J connectivity index is 1.52. The first kappa shape index (κ1) is 17.2. The van der Waals surface area contributed by atoms with Gasteiger partial charge in [-0.15, -0.1) is 0 Å². The molecule has 27 heavy (non-hydrogen) atoms. The molecule has 0 atom stereocenters. The maximum absolute atomic E-state index is 12.4. The maximum atomic E-state index is 12.4. The van der Waals surface area contributed by atoms with Crippen LogP contribution in [-0.2, 0) is 0 Å². The molecule has 1 amide bonds. The normalized spacial score (nSPS) is 10.7. The summed E-state index contributed by atoms with van der Waals surface area (Å²) >= 11 is 3.38. The van der Waals surface area contributed by atoms with E-state index >= 15 is 0 Å². The number of fused-ring (bicyclic) bond motifs is 1. The Bertz CT molecular complexity index is 1090. The van der Waals surface area contributed by atoms with Crippen molar-refractivity contribution in [3.8, 4) is 17.2 Å². The predicted molar refractivity (Wildman–Crippen MR) is 106 cm³/mol. The second-order valence-corrected chi connectivity index (χ2v) is 6.58. The molecule has 2 aromatic heterocycles. The monoisotopic (exact) mass is 423 g/mol. The molecule has 4 rings (SSSR count). The van der Waals surface area contributed by atoms with Crippen LogP contribution >= 0.6 is 15.9 Å². The number of halogens is 1. The van der Waals surface area contributed by atoms with Gasteiger partial charge in [0.1, 0.15) is 5.75 Å². The first-order valence-electron chi connectivity index (χ1n) is 8.11. The summed E-state index contributed by atoms with van der Waals surface area (Å²) in [4.78, 5) is 21.0. The Kier molecular flexibility index (Phi) is 4.60. The Morgan fingerprint density at radius 3 is 2.67 bits per heavy atom. The van der Waals surface area contributed by atoms with Crippen LogP contribution in [0.25, 0.3) is 22.7 Å². The van der Waals surface area contributed by atoms with Crippen molar-refractivity contribution in [2.24, 2.45) is 0 Å². The second kappa shape index (κ2) is 7.20. The fourth-order valence-corrected chi connectivity index (χ4v) is 3.14. The second-order valence-electron chi connectivity index (χ2n) is 5.72. The molecule has 0 aliphatic rings. The van der Waals surface area contributed by atoms with E-state index in [0.717, 1.165) is 10.0 Å². The number of amides is 1. The molecular weight excluding hydrogens is 410 g/mol. The SMILES string of the molecule is COc1ccc(C(=O)Nc2ccc(-c3nc4ncccc4o3)cc2)cc1Br. The number of anilines is 1. The summed E-state index contributed by atoms with van der Waals surface area (Å²) in [6.45, 7) is 0. The molecule has 0 saturated heterocycles. The average molecular weight is 424 g/mol. The van der Waals surface area contributed by atoms with Gasteiger partial charge in [0.05, 0.1) is 11.6 Å². The van der Waals surface area contributed by atoms with Gasteiger partial charge in [-0.25, -0.2) is 4.98 Å². The van der Waals surface area contributed by atoms with Crippen LogP contribution in [0.3, 0.4) is 0 Å². The molecule has 0 spiro atoms. The lowest BCUT2D eigenvalue weighted by Crippen LogP contribution is -2.11.